The Bertz CT molecular complexity index is 613. The number of hydrogen-bond donors (Lipinski definition) is 2. The topological polar surface area (TPSA) is 49.8 Å². The lowest BCUT2D eigenvalue weighted by atomic mass is 10.2. The minimum Gasteiger partial charge on any atom is -0.370 e. The van der Waals surface area contributed by atoms with Gasteiger partial charge in [0, 0.05) is 22.1 Å². The molecule has 0 spiro atoms. The van der Waals surface area contributed by atoms with Crippen molar-refractivity contribution in [3.63, 3.8) is 0 Å². The van der Waals surface area contributed by atoms with Crippen molar-refractivity contribution in [2.45, 2.75) is 33.6 Å². The van der Waals surface area contributed by atoms with E-state index in [0.29, 0.717) is 0 Å². The highest BCUT2D eigenvalue weighted by Gasteiger charge is 2.11. The average Bonchev–Trinajstić information content (AvgIpc) is 2.50. The molecule has 21 heavy (non-hydrogen) atoms. The first-order chi connectivity index (χ1) is 10.2. The van der Waals surface area contributed by atoms with Crippen molar-refractivity contribution in [3.8, 4) is 0 Å². The highest BCUT2D eigenvalue weighted by molar-refractivity contribution is 14.1. The van der Waals surface area contributed by atoms with E-state index in [1.54, 1.807) is 0 Å². The molecule has 0 radical (unpaired) electrons. The summed E-state index contributed by atoms with van der Waals surface area (Å²) in [5.74, 6) is 2.66. The zero-order chi connectivity index (χ0) is 15.2. The Morgan fingerprint density at radius 2 is 1.81 bits per heavy atom. The summed E-state index contributed by atoms with van der Waals surface area (Å²) in [5.41, 5.74) is 2.13. The van der Waals surface area contributed by atoms with E-state index in [1.807, 2.05) is 12.1 Å². The molecule has 0 aliphatic heterocycles. The first-order valence-corrected chi connectivity index (χ1v) is 8.36. The molecular weight excluding hydrogens is 375 g/mol. The molecule has 0 aliphatic carbocycles. The SMILES string of the molecule is CCCNc1nc(CC)nc(Nc2ccccc2I)c1C. The van der Waals surface area contributed by atoms with Crippen LogP contribution in [0.1, 0.15) is 31.7 Å². The summed E-state index contributed by atoms with van der Waals surface area (Å²) in [5, 5.41) is 6.82. The summed E-state index contributed by atoms with van der Waals surface area (Å²) in [6.45, 7) is 7.19. The van der Waals surface area contributed by atoms with Crippen LogP contribution in [0.25, 0.3) is 0 Å². The van der Waals surface area contributed by atoms with Gasteiger partial charge in [-0.1, -0.05) is 26.0 Å². The lowest BCUT2D eigenvalue weighted by molar-refractivity contribution is 0.911. The molecule has 2 N–H and O–H groups in total. The molecule has 5 heteroatoms. The molecule has 0 amide bonds. The maximum absolute atomic E-state index is 4.63. The third kappa shape index (κ3) is 4.06. The third-order valence-electron chi connectivity index (χ3n) is 3.18. The second-order valence-electron chi connectivity index (χ2n) is 4.85. The van der Waals surface area contributed by atoms with Crippen molar-refractivity contribution in [2.75, 3.05) is 17.2 Å². The normalized spacial score (nSPS) is 10.5. The van der Waals surface area contributed by atoms with Crippen LogP contribution in [0.2, 0.25) is 0 Å². The van der Waals surface area contributed by atoms with Gasteiger partial charge in [0.15, 0.2) is 0 Å². The van der Waals surface area contributed by atoms with Gasteiger partial charge in [-0.3, -0.25) is 0 Å². The van der Waals surface area contributed by atoms with E-state index in [4.69, 9.17) is 0 Å². The predicted octanol–water partition coefficient (Wildman–Crippen LogP) is 4.52. The third-order valence-corrected chi connectivity index (χ3v) is 4.12. The molecule has 4 nitrogen and oxygen atoms in total. The van der Waals surface area contributed by atoms with Crippen molar-refractivity contribution in [2.24, 2.45) is 0 Å². The highest BCUT2D eigenvalue weighted by Crippen LogP contribution is 2.26. The number of aryl methyl sites for hydroxylation is 1. The van der Waals surface area contributed by atoms with Gasteiger partial charge in [-0.15, -0.1) is 0 Å². The molecule has 0 bridgehead atoms. The Labute approximate surface area is 139 Å². The molecule has 0 saturated heterocycles. The number of nitrogens with one attached hydrogen (secondary N) is 2. The van der Waals surface area contributed by atoms with Crippen molar-refractivity contribution in [1.82, 2.24) is 9.97 Å². The molecule has 112 valence electrons. The van der Waals surface area contributed by atoms with Crippen LogP contribution in [0.4, 0.5) is 17.3 Å². The van der Waals surface area contributed by atoms with Gasteiger partial charge in [0.1, 0.15) is 17.5 Å². The van der Waals surface area contributed by atoms with Crippen LogP contribution in [0.15, 0.2) is 24.3 Å². The highest BCUT2D eigenvalue weighted by atomic mass is 127. The molecule has 1 aromatic heterocycles. The Balaban J connectivity index is 2.35. The van der Waals surface area contributed by atoms with E-state index in [0.717, 1.165) is 48.1 Å². The van der Waals surface area contributed by atoms with E-state index in [-0.39, 0.29) is 0 Å². The fourth-order valence-electron chi connectivity index (χ4n) is 1.95. The van der Waals surface area contributed by atoms with Crippen molar-refractivity contribution in [1.29, 1.82) is 0 Å². The maximum Gasteiger partial charge on any atom is 0.139 e. The first kappa shape index (κ1) is 16.0. The van der Waals surface area contributed by atoms with Gasteiger partial charge in [-0.2, -0.15) is 0 Å². The minimum atomic E-state index is 0.821. The molecule has 0 aliphatic rings. The van der Waals surface area contributed by atoms with Crippen LogP contribution in [0.3, 0.4) is 0 Å². The summed E-state index contributed by atoms with van der Waals surface area (Å²) in [6, 6.07) is 8.20. The van der Waals surface area contributed by atoms with Crippen LogP contribution in [0.5, 0.6) is 0 Å². The summed E-state index contributed by atoms with van der Waals surface area (Å²) in [6.07, 6.45) is 1.89. The van der Waals surface area contributed by atoms with Crippen LogP contribution in [0, 0.1) is 10.5 Å². The van der Waals surface area contributed by atoms with E-state index in [2.05, 4.69) is 76.1 Å². The smallest absolute Gasteiger partial charge is 0.139 e. The van der Waals surface area contributed by atoms with Gasteiger partial charge in [-0.05, 0) is 48.1 Å². The molecular formula is C16H21IN4. The number of halogens is 1. The van der Waals surface area contributed by atoms with Gasteiger partial charge in [0.2, 0.25) is 0 Å². The Hall–Kier alpha value is -1.37. The van der Waals surface area contributed by atoms with E-state index in [1.165, 1.54) is 3.57 Å². The Morgan fingerprint density at radius 3 is 2.48 bits per heavy atom. The van der Waals surface area contributed by atoms with Gasteiger partial charge in [0.25, 0.3) is 0 Å². The summed E-state index contributed by atoms with van der Waals surface area (Å²) >= 11 is 2.33. The fraction of sp³-hybridized carbons (Fsp3) is 0.375. The lowest BCUT2D eigenvalue weighted by Gasteiger charge is -2.15. The zero-order valence-electron chi connectivity index (χ0n) is 12.7. The number of hydrogen-bond acceptors (Lipinski definition) is 4. The monoisotopic (exact) mass is 396 g/mol. The fourth-order valence-corrected chi connectivity index (χ4v) is 2.47. The largest absolute Gasteiger partial charge is 0.370 e. The van der Waals surface area contributed by atoms with Gasteiger partial charge in [0.05, 0.1) is 5.69 Å². The first-order valence-electron chi connectivity index (χ1n) is 7.28. The molecule has 2 aromatic rings. The molecule has 0 unspecified atom stereocenters. The summed E-state index contributed by atoms with van der Waals surface area (Å²) in [4.78, 5) is 9.22. The lowest BCUT2D eigenvalue weighted by Crippen LogP contribution is -2.10. The predicted molar refractivity (Wildman–Crippen MR) is 97.4 cm³/mol. The number of benzene rings is 1. The second kappa shape index (κ2) is 7.59. The van der Waals surface area contributed by atoms with Gasteiger partial charge >= 0.3 is 0 Å². The molecule has 0 atom stereocenters. The standard InChI is InChI=1S/C16H21IN4/c1-4-10-18-15-11(3)16(21-14(5-2)20-15)19-13-9-7-6-8-12(13)17/h6-9H,4-5,10H2,1-3H3,(H2,18,19,20,21). The summed E-state index contributed by atoms with van der Waals surface area (Å²) in [7, 11) is 0. The number of rotatable bonds is 6. The number of nitrogens with zero attached hydrogens (tertiary/aromatic N) is 2. The van der Waals surface area contributed by atoms with Crippen molar-refractivity contribution < 1.29 is 0 Å². The zero-order valence-corrected chi connectivity index (χ0v) is 14.9. The average molecular weight is 396 g/mol. The van der Waals surface area contributed by atoms with Crippen LogP contribution in [-0.4, -0.2) is 16.5 Å². The van der Waals surface area contributed by atoms with E-state index < -0.39 is 0 Å². The molecule has 0 fully saturated rings. The van der Waals surface area contributed by atoms with Gasteiger partial charge < -0.3 is 10.6 Å². The molecule has 1 aromatic carbocycles. The van der Waals surface area contributed by atoms with Crippen LogP contribution < -0.4 is 10.6 Å². The number of para-hydroxylation sites is 1. The van der Waals surface area contributed by atoms with Crippen molar-refractivity contribution in [3.05, 3.63) is 39.2 Å². The van der Waals surface area contributed by atoms with Crippen LogP contribution in [-0.2, 0) is 6.42 Å². The number of anilines is 3. The van der Waals surface area contributed by atoms with Crippen molar-refractivity contribution >= 4 is 39.9 Å². The van der Waals surface area contributed by atoms with Crippen LogP contribution >= 0.6 is 22.6 Å². The van der Waals surface area contributed by atoms with Gasteiger partial charge in [-0.25, -0.2) is 9.97 Å². The number of aromatic nitrogens is 2. The molecule has 1 heterocycles. The van der Waals surface area contributed by atoms with E-state index >= 15 is 0 Å². The Morgan fingerprint density at radius 1 is 1.10 bits per heavy atom. The second-order valence-corrected chi connectivity index (χ2v) is 6.01. The molecule has 2 rings (SSSR count). The van der Waals surface area contributed by atoms with E-state index in [9.17, 15) is 0 Å². The summed E-state index contributed by atoms with van der Waals surface area (Å²) < 4.78 is 1.18. The molecule has 0 saturated carbocycles. The minimum absolute atomic E-state index is 0.821. The maximum atomic E-state index is 4.63. The Kier molecular flexibility index (Phi) is 5.78. The quantitative estimate of drug-likeness (QED) is 0.706.